The second-order valence-corrected chi connectivity index (χ2v) is 15.5. The summed E-state index contributed by atoms with van der Waals surface area (Å²) in [6.45, 7) is 3.68. The highest BCUT2D eigenvalue weighted by Gasteiger charge is 2.33. The maximum atomic E-state index is 13.6. The molecule has 1 atom stereocenters. The van der Waals surface area contributed by atoms with E-state index in [-0.39, 0.29) is 34.3 Å². The van der Waals surface area contributed by atoms with Gasteiger partial charge in [0.25, 0.3) is 5.56 Å². The van der Waals surface area contributed by atoms with Crippen molar-refractivity contribution in [2.24, 2.45) is 5.92 Å². The summed E-state index contributed by atoms with van der Waals surface area (Å²) in [7, 11) is -7.63. The Morgan fingerprint density at radius 3 is 2.23 bits per heavy atom. The van der Waals surface area contributed by atoms with Crippen LogP contribution in [0.2, 0.25) is 5.02 Å². The van der Waals surface area contributed by atoms with Crippen LogP contribution in [0, 0.1) is 5.92 Å². The Balaban J connectivity index is 1.22. The summed E-state index contributed by atoms with van der Waals surface area (Å²) < 4.78 is 57.8. The van der Waals surface area contributed by atoms with Gasteiger partial charge in [-0.1, -0.05) is 41.9 Å². The van der Waals surface area contributed by atoms with Gasteiger partial charge in [0.1, 0.15) is 5.82 Å². The van der Waals surface area contributed by atoms with Crippen LogP contribution in [0.5, 0.6) is 0 Å². The van der Waals surface area contributed by atoms with Crippen molar-refractivity contribution in [2.45, 2.75) is 54.9 Å². The number of nitrogens with zero attached hydrogens (tertiary/aromatic N) is 6. The quantitative estimate of drug-likeness (QED) is 0.322. The van der Waals surface area contributed by atoms with Crippen molar-refractivity contribution in [1.29, 1.82) is 0 Å². The lowest BCUT2D eigenvalue weighted by molar-refractivity contribution is 0.288. The molecular weight excluding hydrogens is 614 g/mol. The van der Waals surface area contributed by atoms with E-state index >= 15 is 0 Å². The molecule has 2 saturated heterocycles. The fourth-order valence-electron chi connectivity index (χ4n) is 5.66. The van der Waals surface area contributed by atoms with E-state index in [9.17, 15) is 21.6 Å². The maximum Gasteiger partial charge on any atom is 0.281 e. The number of rotatable bonds is 7. The molecule has 0 bridgehead atoms. The molecule has 12 nitrogen and oxygen atoms in total. The van der Waals surface area contributed by atoms with Crippen molar-refractivity contribution in [3.8, 4) is 0 Å². The number of nitrogens with one attached hydrogen (secondary N) is 1. The Labute approximate surface area is 254 Å². The van der Waals surface area contributed by atoms with Gasteiger partial charge >= 0.3 is 0 Å². The second kappa shape index (κ2) is 11.7. The lowest BCUT2D eigenvalue weighted by atomic mass is 9.99. The van der Waals surface area contributed by atoms with E-state index in [1.807, 2.05) is 18.2 Å². The number of benzene rings is 2. The van der Waals surface area contributed by atoms with Crippen molar-refractivity contribution >= 4 is 42.8 Å². The number of halogens is 1. The molecule has 0 saturated carbocycles. The van der Waals surface area contributed by atoms with Gasteiger partial charge in [0.05, 0.1) is 16.3 Å². The SMILES string of the molecule is CC1CCN(S(=O)(=O)c2ccc(S(=O)(=O)N3CCC[C@H](c4nc5c(nnn5Cc5ccccc5Cl)c(=O)[nH]4)C3)cc2)CC1. The molecule has 4 aromatic rings. The van der Waals surface area contributed by atoms with Crippen LogP contribution in [0.3, 0.4) is 0 Å². The zero-order chi connectivity index (χ0) is 30.4. The number of hydrogen-bond donors (Lipinski definition) is 1. The lowest BCUT2D eigenvalue weighted by Crippen LogP contribution is -2.40. The van der Waals surface area contributed by atoms with Crippen molar-refractivity contribution in [3.63, 3.8) is 0 Å². The van der Waals surface area contributed by atoms with Gasteiger partial charge in [0.2, 0.25) is 20.0 Å². The zero-order valence-corrected chi connectivity index (χ0v) is 25.9. The second-order valence-electron chi connectivity index (χ2n) is 11.2. The molecule has 228 valence electrons. The standard InChI is InChI=1S/C28H32ClN7O5S2/c1-19-12-15-34(16-13-19)42(38,39)22-8-10-23(11-9-22)43(40,41)35-14-4-6-21(17-35)26-30-27-25(28(37)31-26)32-33-36(27)18-20-5-2-3-7-24(20)29/h2-3,5,7-11,19,21H,4,6,12-18H2,1H3,(H,30,31,37)/t21-/m0/s1. The molecule has 0 aliphatic carbocycles. The average molecular weight is 646 g/mol. The van der Waals surface area contributed by atoms with E-state index in [2.05, 4.69) is 27.2 Å². The molecule has 2 aromatic carbocycles. The fraction of sp³-hybridized carbons (Fsp3) is 0.429. The minimum Gasteiger partial charge on any atom is -0.308 e. The highest BCUT2D eigenvalue weighted by Crippen LogP contribution is 2.30. The number of aromatic nitrogens is 5. The smallest absolute Gasteiger partial charge is 0.281 e. The molecule has 15 heteroatoms. The van der Waals surface area contributed by atoms with E-state index in [0.717, 1.165) is 18.4 Å². The van der Waals surface area contributed by atoms with Gasteiger partial charge in [-0.3, -0.25) is 4.79 Å². The van der Waals surface area contributed by atoms with Crippen LogP contribution in [-0.2, 0) is 26.6 Å². The van der Waals surface area contributed by atoms with E-state index in [1.54, 1.807) is 6.07 Å². The lowest BCUT2D eigenvalue weighted by Gasteiger charge is -2.31. The third-order valence-corrected chi connectivity index (χ3v) is 12.4. The monoisotopic (exact) mass is 645 g/mol. The highest BCUT2D eigenvalue weighted by molar-refractivity contribution is 7.89. The first kappa shape index (κ1) is 29.9. The molecule has 0 spiro atoms. The van der Waals surface area contributed by atoms with Crippen molar-refractivity contribution in [3.05, 3.63) is 75.3 Å². The Morgan fingerprint density at radius 2 is 1.56 bits per heavy atom. The van der Waals surface area contributed by atoms with Gasteiger partial charge in [-0.2, -0.15) is 8.61 Å². The van der Waals surface area contributed by atoms with Gasteiger partial charge in [0.15, 0.2) is 11.2 Å². The average Bonchev–Trinajstić information content (AvgIpc) is 3.42. The first-order chi connectivity index (χ1) is 20.5. The van der Waals surface area contributed by atoms with Crippen LogP contribution >= 0.6 is 11.6 Å². The van der Waals surface area contributed by atoms with Crippen LogP contribution in [0.1, 0.15) is 49.9 Å². The van der Waals surface area contributed by atoms with E-state index in [0.29, 0.717) is 54.9 Å². The molecule has 1 N–H and O–H groups in total. The normalized spacial score (nSPS) is 19.6. The highest BCUT2D eigenvalue weighted by atomic mass is 35.5. The van der Waals surface area contributed by atoms with E-state index in [1.165, 1.54) is 37.6 Å². The summed E-state index contributed by atoms with van der Waals surface area (Å²) in [6.07, 6.45) is 2.78. The summed E-state index contributed by atoms with van der Waals surface area (Å²) in [6, 6.07) is 12.7. The summed E-state index contributed by atoms with van der Waals surface area (Å²) in [5, 5.41) is 8.65. The summed E-state index contributed by atoms with van der Waals surface area (Å²) in [4.78, 5) is 20.4. The molecule has 2 aliphatic rings. The molecule has 0 unspecified atom stereocenters. The van der Waals surface area contributed by atoms with Gasteiger partial charge < -0.3 is 4.98 Å². The van der Waals surface area contributed by atoms with E-state index in [4.69, 9.17) is 11.6 Å². The van der Waals surface area contributed by atoms with E-state index < -0.39 is 25.6 Å². The third-order valence-electron chi connectivity index (χ3n) is 8.28. The Hall–Kier alpha value is -3.17. The minimum absolute atomic E-state index is 0.0123. The van der Waals surface area contributed by atoms with Gasteiger partial charge in [-0.15, -0.1) is 5.10 Å². The molecule has 43 heavy (non-hydrogen) atoms. The van der Waals surface area contributed by atoms with Crippen LogP contribution in [0.25, 0.3) is 11.2 Å². The summed E-state index contributed by atoms with van der Waals surface area (Å²) >= 11 is 6.31. The minimum atomic E-state index is -3.93. The fourth-order valence-corrected chi connectivity index (χ4v) is 8.85. The summed E-state index contributed by atoms with van der Waals surface area (Å²) in [5.41, 5.74) is 0.716. The summed E-state index contributed by atoms with van der Waals surface area (Å²) in [5.74, 6) is 0.470. The Morgan fingerprint density at radius 1 is 0.907 bits per heavy atom. The number of sulfonamides is 2. The van der Waals surface area contributed by atoms with Crippen molar-refractivity contribution < 1.29 is 16.8 Å². The third kappa shape index (κ3) is 5.86. The number of H-pyrrole nitrogens is 1. The first-order valence-corrected chi connectivity index (χ1v) is 17.5. The molecule has 0 amide bonds. The van der Waals surface area contributed by atoms with Crippen molar-refractivity contribution in [2.75, 3.05) is 26.2 Å². The number of fused-ring (bicyclic) bond motifs is 1. The predicted molar refractivity (Wildman–Crippen MR) is 161 cm³/mol. The maximum absolute atomic E-state index is 13.6. The molecule has 6 rings (SSSR count). The van der Waals surface area contributed by atoms with Crippen LogP contribution < -0.4 is 5.56 Å². The number of piperidine rings is 2. The largest absolute Gasteiger partial charge is 0.308 e. The molecule has 0 radical (unpaired) electrons. The molecule has 2 fully saturated rings. The number of hydrogen-bond acceptors (Lipinski definition) is 8. The molecule has 4 heterocycles. The topological polar surface area (TPSA) is 151 Å². The zero-order valence-electron chi connectivity index (χ0n) is 23.6. The number of aromatic amines is 1. The van der Waals surface area contributed by atoms with Crippen LogP contribution in [-0.4, -0.2) is 76.6 Å². The van der Waals surface area contributed by atoms with Crippen LogP contribution in [0.4, 0.5) is 0 Å². The van der Waals surface area contributed by atoms with Crippen molar-refractivity contribution in [1.82, 2.24) is 33.6 Å². The molecule has 2 aromatic heterocycles. The van der Waals surface area contributed by atoms with Gasteiger partial charge in [-0.25, -0.2) is 26.5 Å². The Kier molecular flexibility index (Phi) is 8.15. The van der Waals surface area contributed by atoms with Gasteiger partial charge in [-0.05, 0) is 67.5 Å². The molecular formula is C28H32ClN7O5S2. The predicted octanol–water partition coefficient (Wildman–Crippen LogP) is 3.21. The first-order valence-electron chi connectivity index (χ1n) is 14.2. The van der Waals surface area contributed by atoms with Gasteiger partial charge in [0, 0.05) is 37.1 Å². The molecule has 2 aliphatic heterocycles. The van der Waals surface area contributed by atoms with Crippen LogP contribution in [0.15, 0.2) is 63.1 Å². The Bertz CT molecular complexity index is 1920.